The average molecular weight is 200 g/mol. The summed E-state index contributed by atoms with van der Waals surface area (Å²) >= 11 is 0. The molecule has 0 aliphatic carbocycles. The maximum atomic E-state index is 12.8. The van der Waals surface area contributed by atoms with Gasteiger partial charge in [0.05, 0.1) is 6.61 Å². The molecule has 2 nitrogen and oxygen atoms in total. The molecule has 0 aromatic heterocycles. The highest BCUT2D eigenvalue weighted by molar-refractivity contribution is 5.33. The van der Waals surface area contributed by atoms with Crippen LogP contribution < -0.4 is 4.74 Å². The molecule has 0 N–H and O–H groups in total. The van der Waals surface area contributed by atoms with E-state index in [-0.39, 0.29) is 6.10 Å². The normalized spacial score (nSPS) is 19.5. The van der Waals surface area contributed by atoms with Gasteiger partial charge in [-0.15, -0.1) is 0 Å². The Hall–Kier alpha value is -1.16. The second kappa shape index (κ2) is 3.53. The topological polar surface area (TPSA) is 21.8 Å². The number of hydrogen-bond acceptors (Lipinski definition) is 2. The van der Waals surface area contributed by atoms with Gasteiger partial charge >= 0.3 is 0 Å². The number of benzene rings is 1. The number of halogens is 2. The molecule has 1 heterocycles. The van der Waals surface area contributed by atoms with E-state index in [1.54, 1.807) is 6.92 Å². The highest BCUT2D eigenvalue weighted by atomic mass is 19.2. The minimum absolute atomic E-state index is 0.113. The molecule has 0 radical (unpaired) electrons. The van der Waals surface area contributed by atoms with Crippen molar-refractivity contribution in [3.05, 3.63) is 29.3 Å². The molecule has 4 heteroatoms. The van der Waals surface area contributed by atoms with Gasteiger partial charge in [-0.3, -0.25) is 0 Å². The summed E-state index contributed by atoms with van der Waals surface area (Å²) < 4.78 is 35.7. The predicted molar refractivity (Wildman–Crippen MR) is 46.3 cm³/mol. The van der Waals surface area contributed by atoms with Gasteiger partial charge in [-0.2, -0.15) is 0 Å². The molecule has 1 aliphatic heterocycles. The first-order valence-electron chi connectivity index (χ1n) is 4.37. The summed E-state index contributed by atoms with van der Waals surface area (Å²) in [5.41, 5.74) is 0.588. The minimum Gasteiger partial charge on any atom is -0.490 e. The molecule has 76 valence electrons. The summed E-state index contributed by atoms with van der Waals surface area (Å²) in [5.74, 6) is -1.36. The SMILES string of the molecule is Cc1cc(F)c(F)cc1OCC1CO1. The van der Waals surface area contributed by atoms with Crippen LogP contribution in [0, 0.1) is 18.6 Å². The van der Waals surface area contributed by atoms with Crippen LogP contribution in [-0.2, 0) is 4.74 Å². The van der Waals surface area contributed by atoms with Gasteiger partial charge in [0.25, 0.3) is 0 Å². The fraction of sp³-hybridized carbons (Fsp3) is 0.400. The Morgan fingerprint density at radius 2 is 2.07 bits per heavy atom. The van der Waals surface area contributed by atoms with Gasteiger partial charge in [-0.05, 0) is 18.6 Å². The van der Waals surface area contributed by atoms with Gasteiger partial charge < -0.3 is 9.47 Å². The van der Waals surface area contributed by atoms with E-state index in [2.05, 4.69) is 0 Å². The summed E-state index contributed by atoms with van der Waals surface area (Å²) in [6.07, 6.45) is 0.113. The van der Waals surface area contributed by atoms with E-state index in [1.807, 2.05) is 0 Å². The molecule has 1 unspecified atom stereocenters. The molecule has 0 spiro atoms. The molecule has 0 saturated carbocycles. The standard InChI is InChI=1S/C10H10F2O2/c1-6-2-8(11)9(12)3-10(6)14-5-7-4-13-7/h2-3,7H,4-5H2,1H3. The molecule has 14 heavy (non-hydrogen) atoms. The van der Waals surface area contributed by atoms with Crippen LogP contribution in [-0.4, -0.2) is 19.3 Å². The molecule has 1 saturated heterocycles. The maximum Gasteiger partial charge on any atom is 0.162 e. The number of hydrogen-bond donors (Lipinski definition) is 0. The second-order valence-electron chi connectivity index (χ2n) is 3.30. The van der Waals surface area contributed by atoms with Crippen LogP contribution in [0.3, 0.4) is 0 Å². The molecule has 0 bridgehead atoms. The Morgan fingerprint density at radius 3 is 2.71 bits per heavy atom. The smallest absolute Gasteiger partial charge is 0.162 e. The predicted octanol–water partition coefficient (Wildman–Crippen LogP) is 2.05. The largest absolute Gasteiger partial charge is 0.490 e. The van der Waals surface area contributed by atoms with Crippen LogP contribution in [0.15, 0.2) is 12.1 Å². The van der Waals surface area contributed by atoms with Crippen LogP contribution in [0.4, 0.5) is 8.78 Å². The highest BCUT2D eigenvalue weighted by Crippen LogP contribution is 2.22. The van der Waals surface area contributed by atoms with Gasteiger partial charge in [0, 0.05) is 6.07 Å². The van der Waals surface area contributed by atoms with Gasteiger partial charge in [0.15, 0.2) is 11.6 Å². The van der Waals surface area contributed by atoms with Gasteiger partial charge in [-0.1, -0.05) is 0 Å². The quantitative estimate of drug-likeness (QED) is 0.696. The van der Waals surface area contributed by atoms with E-state index in [0.29, 0.717) is 24.5 Å². The molecule has 1 aliphatic rings. The van der Waals surface area contributed by atoms with E-state index in [1.165, 1.54) is 0 Å². The Labute approximate surface area is 80.4 Å². The van der Waals surface area contributed by atoms with Crippen molar-refractivity contribution in [2.45, 2.75) is 13.0 Å². The van der Waals surface area contributed by atoms with Crippen LogP contribution in [0.25, 0.3) is 0 Å². The van der Waals surface area contributed by atoms with Crippen molar-refractivity contribution in [3.8, 4) is 5.75 Å². The molecule has 1 aromatic rings. The van der Waals surface area contributed by atoms with Crippen molar-refractivity contribution in [3.63, 3.8) is 0 Å². The van der Waals surface area contributed by atoms with E-state index in [0.717, 1.165) is 12.1 Å². The Balaban J connectivity index is 2.10. The van der Waals surface area contributed by atoms with Crippen molar-refractivity contribution in [2.24, 2.45) is 0 Å². The van der Waals surface area contributed by atoms with E-state index in [9.17, 15) is 8.78 Å². The number of epoxide rings is 1. The van der Waals surface area contributed by atoms with Gasteiger partial charge in [0.1, 0.15) is 18.5 Å². The first-order chi connectivity index (χ1) is 6.66. The Morgan fingerprint density at radius 1 is 1.43 bits per heavy atom. The lowest BCUT2D eigenvalue weighted by atomic mass is 10.2. The second-order valence-corrected chi connectivity index (χ2v) is 3.30. The van der Waals surface area contributed by atoms with Crippen molar-refractivity contribution in [1.82, 2.24) is 0 Å². The van der Waals surface area contributed by atoms with Crippen molar-refractivity contribution in [1.29, 1.82) is 0 Å². The molecule has 1 atom stereocenters. The van der Waals surface area contributed by atoms with Gasteiger partial charge in [0.2, 0.25) is 0 Å². The zero-order valence-electron chi connectivity index (χ0n) is 7.72. The van der Waals surface area contributed by atoms with E-state index >= 15 is 0 Å². The summed E-state index contributed by atoms with van der Waals surface area (Å²) in [6, 6.07) is 2.19. The monoisotopic (exact) mass is 200 g/mol. The molecular formula is C10H10F2O2. The fourth-order valence-electron chi connectivity index (χ4n) is 1.13. The lowest BCUT2D eigenvalue weighted by Crippen LogP contribution is -2.05. The number of ether oxygens (including phenoxy) is 2. The zero-order chi connectivity index (χ0) is 10.1. The summed E-state index contributed by atoms with van der Waals surface area (Å²) in [5, 5.41) is 0. The third-order valence-corrected chi connectivity index (χ3v) is 2.04. The third-order valence-electron chi connectivity index (χ3n) is 2.04. The third kappa shape index (κ3) is 2.01. The summed E-state index contributed by atoms with van der Waals surface area (Å²) in [7, 11) is 0. The fourth-order valence-corrected chi connectivity index (χ4v) is 1.13. The molecule has 0 amide bonds. The molecular weight excluding hydrogens is 190 g/mol. The first-order valence-corrected chi connectivity index (χ1v) is 4.37. The molecule has 1 aromatic carbocycles. The zero-order valence-corrected chi connectivity index (χ0v) is 7.72. The van der Waals surface area contributed by atoms with Crippen LogP contribution in [0.5, 0.6) is 5.75 Å². The van der Waals surface area contributed by atoms with Crippen LogP contribution in [0.1, 0.15) is 5.56 Å². The highest BCUT2D eigenvalue weighted by Gasteiger charge is 2.23. The van der Waals surface area contributed by atoms with Crippen molar-refractivity contribution < 1.29 is 18.3 Å². The minimum atomic E-state index is -0.887. The van der Waals surface area contributed by atoms with E-state index in [4.69, 9.17) is 9.47 Å². The summed E-state index contributed by atoms with van der Waals surface area (Å²) in [6.45, 7) is 2.75. The average Bonchev–Trinajstić information content (AvgIpc) is 2.92. The van der Waals surface area contributed by atoms with Crippen LogP contribution in [0.2, 0.25) is 0 Å². The van der Waals surface area contributed by atoms with Crippen molar-refractivity contribution in [2.75, 3.05) is 13.2 Å². The maximum absolute atomic E-state index is 12.8. The first kappa shape index (κ1) is 9.40. The number of rotatable bonds is 3. The molecule has 1 fully saturated rings. The van der Waals surface area contributed by atoms with Crippen LogP contribution >= 0.6 is 0 Å². The Bertz CT molecular complexity index is 348. The van der Waals surface area contributed by atoms with Gasteiger partial charge in [-0.25, -0.2) is 8.78 Å². The number of aryl methyl sites for hydroxylation is 1. The van der Waals surface area contributed by atoms with Crippen molar-refractivity contribution >= 4 is 0 Å². The molecule has 2 rings (SSSR count). The lowest BCUT2D eigenvalue weighted by Gasteiger charge is -2.07. The Kier molecular flexibility index (Phi) is 2.37. The lowest BCUT2D eigenvalue weighted by molar-refractivity contribution is 0.260. The summed E-state index contributed by atoms with van der Waals surface area (Å²) in [4.78, 5) is 0. The van der Waals surface area contributed by atoms with E-state index < -0.39 is 11.6 Å².